The predicted molar refractivity (Wildman–Crippen MR) is 97.6 cm³/mol. The Morgan fingerprint density at radius 2 is 2.00 bits per heavy atom. The SMILES string of the molecule is CN(Cc1ccccn1)C(=O)c1cc(-c2ccc(Cl)c(Cl)c2)ns1. The maximum atomic E-state index is 12.5. The van der Waals surface area contributed by atoms with Crippen molar-refractivity contribution < 1.29 is 4.79 Å². The minimum Gasteiger partial charge on any atom is -0.335 e. The van der Waals surface area contributed by atoms with E-state index in [0.29, 0.717) is 27.2 Å². The summed E-state index contributed by atoms with van der Waals surface area (Å²) in [4.78, 5) is 19.0. The number of nitrogens with zero attached hydrogens (tertiary/aromatic N) is 3. The normalized spacial score (nSPS) is 10.6. The minimum absolute atomic E-state index is 0.0931. The van der Waals surface area contributed by atoms with Crippen LogP contribution in [0.15, 0.2) is 48.7 Å². The van der Waals surface area contributed by atoms with Gasteiger partial charge in [0, 0.05) is 18.8 Å². The van der Waals surface area contributed by atoms with E-state index >= 15 is 0 Å². The van der Waals surface area contributed by atoms with Gasteiger partial charge in [0.1, 0.15) is 4.88 Å². The van der Waals surface area contributed by atoms with Gasteiger partial charge in [-0.1, -0.05) is 35.3 Å². The molecule has 2 aromatic heterocycles. The van der Waals surface area contributed by atoms with Crippen LogP contribution >= 0.6 is 34.7 Å². The van der Waals surface area contributed by atoms with E-state index in [1.54, 1.807) is 36.3 Å². The Morgan fingerprint density at radius 1 is 1.17 bits per heavy atom. The Morgan fingerprint density at radius 3 is 2.71 bits per heavy atom. The van der Waals surface area contributed by atoms with Crippen molar-refractivity contribution in [2.24, 2.45) is 0 Å². The summed E-state index contributed by atoms with van der Waals surface area (Å²) in [6.45, 7) is 0.444. The molecule has 0 N–H and O–H groups in total. The Hall–Kier alpha value is -1.95. The molecule has 0 aliphatic rings. The number of halogens is 2. The molecule has 7 heteroatoms. The molecule has 1 amide bonds. The number of amides is 1. The van der Waals surface area contributed by atoms with E-state index < -0.39 is 0 Å². The molecule has 0 atom stereocenters. The highest BCUT2D eigenvalue weighted by molar-refractivity contribution is 7.08. The number of aromatic nitrogens is 2. The van der Waals surface area contributed by atoms with Crippen molar-refractivity contribution in [3.63, 3.8) is 0 Å². The summed E-state index contributed by atoms with van der Waals surface area (Å²) in [7, 11) is 1.75. The Labute approximate surface area is 153 Å². The molecule has 0 aliphatic carbocycles. The average Bonchev–Trinajstić information content (AvgIpc) is 3.07. The summed E-state index contributed by atoms with van der Waals surface area (Å²) in [5.41, 5.74) is 2.36. The summed E-state index contributed by atoms with van der Waals surface area (Å²) in [6.07, 6.45) is 1.71. The van der Waals surface area contributed by atoms with Gasteiger partial charge in [0.2, 0.25) is 0 Å². The third kappa shape index (κ3) is 3.75. The minimum atomic E-state index is -0.0931. The molecule has 3 rings (SSSR count). The molecule has 24 heavy (non-hydrogen) atoms. The van der Waals surface area contributed by atoms with Crippen LogP contribution in [0, 0.1) is 0 Å². The van der Waals surface area contributed by atoms with Crippen LogP contribution in [0.2, 0.25) is 10.0 Å². The van der Waals surface area contributed by atoms with Crippen LogP contribution in [0.4, 0.5) is 0 Å². The maximum absolute atomic E-state index is 12.5. The van der Waals surface area contributed by atoms with Crippen LogP contribution in [0.25, 0.3) is 11.3 Å². The van der Waals surface area contributed by atoms with E-state index in [4.69, 9.17) is 23.2 Å². The summed E-state index contributed by atoms with van der Waals surface area (Å²) < 4.78 is 4.34. The molecule has 0 saturated heterocycles. The second-order valence-electron chi connectivity index (χ2n) is 5.19. The van der Waals surface area contributed by atoms with Crippen molar-refractivity contribution in [1.82, 2.24) is 14.3 Å². The molecule has 0 fully saturated rings. The molecule has 0 saturated carbocycles. The highest BCUT2D eigenvalue weighted by atomic mass is 35.5. The molecule has 122 valence electrons. The molecule has 0 bridgehead atoms. The van der Waals surface area contributed by atoms with Crippen LogP contribution in [0.3, 0.4) is 0 Å². The first kappa shape index (κ1) is 16.9. The van der Waals surface area contributed by atoms with Crippen LogP contribution in [0.5, 0.6) is 0 Å². The first-order valence-corrected chi connectivity index (χ1v) is 8.65. The number of benzene rings is 1. The lowest BCUT2D eigenvalue weighted by atomic mass is 10.1. The Kier molecular flexibility index (Phi) is 5.14. The number of pyridine rings is 1. The zero-order chi connectivity index (χ0) is 17.1. The molecule has 3 aromatic rings. The molecule has 0 radical (unpaired) electrons. The number of hydrogen-bond donors (Lipinski definition) is 0. The van der Waals surface area contributed by atoms with Gasteiger partial charge in [-0.2, -0.15) is 4.37 Å². The monoisotopic (exact) mass is 377 g/mol. The molecule has 0 spiro atoms. The average molecular weight is 378 g/mol. The van der Waals surface area contributed by atoms with Crippen molar-refractivity contribution in [2.45, 2.75) is 6.54 Å². The van der Waals surface area contributed by atoms with E-state index in [1.165, 1.54) is 0 Å². The van der Waals surface area contributed by atoms with Crippen molar-refractivity contribution >= 4 is 40.6 Å². The van der Waals surface area contributed by atoms with Gasteiger partial charge in [-0.05, 0) is 41.9 Å². The summed E-state index contributed by atoms with van der Waals surface area (Å²) in [6, 6.07) is 12.7. The van der Waals surface area contributed by atoms with Crippen LogP contribution in [-0.4, -0.2) is 27.2 Å². The van der Waals surface area contributed by atoms with Crippen molar-refractivity contribution in [3.8, 4) is 11.3 Å². The quantitative estimate of drug-likeness (QED) is 0.656. The first-order chi connectivity index (χ1) is 11.5. The van der Waals surface area contributed by atoms with Gasteiger partial charge in [-0.3, -0.25) is 9.78 Å². The molecule has 2 heterocycles. The highest BCUT2D eigenvalue weighted by Gasteiger charge is 2.17. The van der Waals surface area contributed by atoms with Gasteiger partial charge in [0.05, 0.1) is 28.0 Å². The second kappa shape index (κ2) is 7.30. The highest BCUT2D eigenvalue weighted by Crippen LogP contribution is 2.29. The molecular formula is C17H13Cl2N3OS. The van der Waals surface area contributed by atoms with E-state index in [9.17, 15) is 4.79 Å². The van der Waals surface area contributed by atoms with Gasteiger partial charge in [0.25, 0.3) is 5.91 Å². The van der Waals surface area contributed by atoms with Crippen molar-refractivity contribution in [2.75, 3.05) is 7.05 Å². The number of rotatable bonds is 4. The Balaban J connectivity index is 1.77. The van der Waals surface area contributed by atoms with Crippen LogP contribution in [0.1, 0.15) is 15.4 Å². The fraction of sp³-hybridized carbons (Fsp3) is 0.118. The number of carbonyl (C=O) groups excluding carboxylic acids is 1. The van der Waals surface area contributed by atoms with Gasteiger partial charge in [0.15, 0.2) is 0 Å². The summed E-state index contributed by atoms with van der Waals surface area (Å²) in [5, 5.41) is 0.948. The van der Waals surface area contributed by atoms with E-state index in [2.05, 4.69) is 9.36 Å². The largest absolute Gasteiger partial charge is 0.335 e. The topological polar surface area (TPSA) is 46.1 Å². The van der Waals surface area contributed by atoms with E-state index in [-0.39, 0.29) is 5.91 Å². The van der Waals surface area contributed by atoms with Gasteiger partial charge >= 0.3 is 0 Å². The van der Waals surface area contributed by atoms with Gasteiger partial charge in [-0.15, -0.1) is 0 Å². The molecular weight excluding hydrogens is 365 g/mol. The lowest BCUT2D eigenvalue weighted by Crippen LogP contribution is -2.25. The predicted octanol–water partition coefficient (Wildman–Crippen LogP) is 4.78. The van der Waals surface area contributed by atoms with Gasteiger partial charge < -0.3 is 4.90 Å². The summed E-state index contributed by atoms with van der Waals surface area (Å²) in [5.74, 6) is -0.0931. The fourth-order valence-corrected chi connectivity index (χ4v) is 3.21. The van der Waals surface area contributed by atoms with E-state index in [0.717, 1.165) is 22.8 Å². The second-order valence-corrected chi connectivity index (χ2v) is 6.81. The lowest BCUT2D eigenvalue weighted by molar-refractivity contribution is 0.0788. The number of hydrogen-bond acceptors (Lipinski definition) is 4. The molecule has 0 aliphatic heterocycles. The smallest absolute Gasteiger partial charge is 0.265 e. The lowest BCUT2D eigenvalue weighted by Gasteiger charge is -2.15. The number of carbonyl (C=O) groups is 1. The molecule has 4 nitrogen and oxygen atoms in total. The first-order valence-electron chi connectivity index (χ1n) is 7.12. The van der Waals surface area contributed by atoms with Crippen molar-refractivity contribution in [1.29, 1.82) is 0 Å². The van der Waals surface area contributed by atoms with Crippen molar-refractivity contribution in [3.05, 3.63) is 69.3 Å². The standard InChI is InChI=1S/C17H13Cl2N3OS/c1-22(10-12-4-2-3-7-20-12)17(23)16-9-15(21-24-16)11-5-6-13(18)14(19)8-11/h2-9H,10H2,1H3. The Bertz CT molecular complexity index is 867. The zero-order valence-electron chi connectivity index (χ0n) is 12.7. The molecule has 0 unspecified atom stereocenters. The molecule has 1 aromatic carbocycles. The van der Waals surface area contributed by atoms with Crippen LogP contribution < -0.4 is 0 Å². The van der Waals surface area contributed by atoms with Gasteiger partial charge in [-0.25, -0.2) is 0 Å². The third-order valence-corrected chi connectivity index (χ3v) is 4.92. The fourth-order valence-electron chi connectivity index (χ4n) is 2.16. The van der Waals surface area contributed by atoms with E-state index in [1.807, 2.05) is 24.3 Å². The summed E-state index contributed by atoms with van der Waals surface area (Å²) >= 11 is 13.1. The van der Waals surface area contributed by atoms with Crippen LogP contribution in [-0.2, 0) is 6.54 Å². The maximum Gasteiger partial charge on any atom is 0.265 e. The zero-order valence-corrected chi connectivity index (χ0v) is 15.1. The third-order valence-electron chi connectivity index (χ3n) is 3.41.